The van der Waals surface area contributed by atoms with Gasteiger partial charge in [0.05, 0.1) is 5.56 Å². The highest BCUT2D eigenvalue weighted by Crippen LogP contribution is 2.04. The highest BCUT2D eigenvalue weighted by molar-refractivity contribution is 5.95. The molecule has 0 saturated heterocycles. The second-order valence-electron chi connectivity index (χ2n) is 3.56. The number of carbonyl (C=O) groups is 1. The van der Waals surface area contributed by atoms with Gasteiger partial charge in [0.1, 0.15) is 0 Å². The Bertz CT molecular complexity index is 307. The van der Waals surface area contributed by atoms with Crippen molar-refractivity contribution in [3.8, 4) is 0 Å². The van der Waals surface area contributed by atoms with E-state index in [0.717, 1.165) is 30.6 Å². The van der Waals surface area contributed by atoms with Crippen molar-refractivity contribution in [2.24, 2.45) is 0 Å². The van der Waals surface area contributed by atoms with E-state index < -0.39 is 0 Å². The van der Waals surface area contributed by atoms with Gasteiger partial charge in [-0.25, -0.2) is 0 Å². The molecule has 1 amide bonds. The van der Waals surface area contributed by atoms with Crippen molar-refractivity contribution in [1.82, 2.24) is 15.6 Å². The zero-order valence-electron chi connectivity index (χ0n) is 9.39. The van der Waals surface area contributed by atoms with E-state index in [1.54, 1.807) is 6.20 Å². The van der Waals surface area contributed by atoms with Gasteiger partial charge in [0, 0.05) is 25.5 Å². The van der Waals surface area contributed by atoms with Crippen molar-refractivity contribution >= 4 is 5.91 Å². The maximum Gasteiger partial charge on any atom is 0.253 e. The van der Waals surface area contributed by atoms with Crippen LogP contribution in [0.15, 0.2) is 12.4 Å². The van der Waals surface area contributed by atoms with Crippen LogP contribution in [0.3, 0.4) is 0 Å². The topological polar surface area (TPSA) is 56.9 Å². The fourth-order valence-electron chi connectivity index (χ4n) is 1.35. The number of aromatic nitrogens is 1. The van der Waals surface area contributed by atoms with E-state index >= 15 is 0 Å². The average Bonchev–Trinajstić information content (AvgIpc) is 2.64. The van der Waals surface area contributed by atoms with Crippen LogP contribution in [0.4, 0.5) is 0 Å². The summed E-state index contributed by atoms with van der Waals surface area (Å²) < 4.78 is 0. The Kier molecular flexibility index (Phi) is 4.90. The minimum Gasteiger partial charge on any atom is -0.367 e. The van der Waals surface area contributed by atoms with Gasteiger partial charge >= 0.3 is 0 Å². The van der Waals surface area contributed by atoms with Crippen LogP contribution in [0.25, 0.3) is 0 Å². The SMILES string of the molecule is CCCNCCNC(=O)c1c[nH]cc1C. The molecule has 0 aromatic carbocycles. The number of amides is 1. The molecule has 0 unspecified atom stereocenters. The summed E-state index contributed by atoms with van der Waals surface area (Å²) in [7, 11) is 0. The lowest BCUT2D eigenvalue weighted by atomic mass is 10.2. The third kappa shape index (κ3) is 3.75. The van der Waals surface area contributed by atoms with E-state index in [4.69, 9.17) is 0 Å². The fourth-order valence-corrected chi connectivity index (χ4v) is 1.35. The summed E-state index contributed by atoms with van der Waals surface area (Å²) in [5, 5.41) is 6.09. The van der Waals surface area contributed by atoms with Crippen molar-refractivity contribution in [3.63, 3.8) is 0 Å². The van der Waals surface area contributed by atoms with Crippen LogP contribution in [0.5, 0.6) is 0 Å². The second-order valence-corrected chi connectivity index (χ2v) is 3.56. The lowest BCUT2D eigenvalue weighted by Crippen LogP contribution is -2.32. The van der Waals surface area contributed by atoms with Crippen LogP contribution >= 0.6 is 0 Å². The molecule has 0 saturated carbocycles. The van der Waals surface area contributed by atoms with E-state index in [1.807, 2.05) is 13.1 Å². The van der Waals surface area contributed by atoms with Crippen LogP contribution in [0.2, 0.25) is 0 Å². The second kappa shape index (κ2) is 6.24. The molecule has 84 valence electrons. The highest BCUT2D eigenvalue weighted by Gasteiger charge is 2.07. The first-order valence-corrected chi connectivity index (χ1v) is 5.38. The highest BCUT2D eigenvalue weighted by atomic mass is 16.1. The molecule has 0 atom stereocenters. The van der Waals surface area contributed by atoms with E-state index in [-0.39, 0.29) is 5.91 Å². The van der Waals surface area contributed by atoms with Gasteiger partial charge in [0.2, 0.25) is 0 Å². The van der Waals surface area contributed by atoms with Crippen LogP contribution in [0.1, 0.15) is 29.3 Å². The summed E-state index contributed by atoms with van der Waals surface area (Å²) >= 11 is 0. The molecule has 1 rings (SSSR count). The molecule has 1 heterocycles. The van der Waals surface area contributed by atoms with Crippen molar-refractivity contribution in [3.05, 3.63) is 23.5 Å². The third-order valence-electron chi connectivity index (χ3n) is 2.21. The van der Waals surface area contributed by atoms with E-state index in [1.165, 1.54) is 0 Å². The van der Waals surface area contributed by atoms with Gasteiger partial charge in [-0.3, -0.25) is 4.79 Å². The molecular weight excluding hydrogens is 190 g/mol. The largest absolute Gasteiger partial charge is 0.367 e. The predicted octanol–water partition coefficient (Wildman–Crippen LogP) is 1.05. The smallest absolute Gasteiger partial charge is 0.253 e. The monoisotopic (exact) mass is 209 g/mol. The van der Waals surface area contributed by atoms with Crippen LogP contribution in [-0.4, -0.2) is 30.5 Å². The van der Waals surface area contributed by atoms with Gasteiger partial charge in [-0.1, -0.05) is 6.92 Å². The molecule has 3 N–H and O–H groups in total. The Balaban J connectivity index is 2.22. The van der Waals surface area contributed by atoms with Crippen LogP contribution in [-0.2, 0) is 0 Å². The maximum absolute atomic E-state index is 11.6. The normalized spacial score (nSPS) is 10.3. The fraction of sp³-hybridized carbons (Fsp3) is 0.545. The number of aryl methyl sites for hydroxylation is 1. The quantitative estimate of drug-likeness (QED) is 0.613. The molecule has 0 radical (unpaired) electrons. The van der Waals surface area contributed by atoms with Crippen molar-refractivity contribution < 1.29 is 4.79 Å². The Morgan fingerprint density at radius 3 is 2.73 bits per heavy atom. The molecular formula is C11H19N3O. The van der Waals surface area contributed by atoms with Gasteiger partial charge in [0.25, 0.3) is 5.91 Å². The summed E-state index contributed by atoms with van der Waals surface area (Å²) in [5.41, 5.74) is 1.71. The number of carbonyl (C=O) groups excluding carboxylic acids is 1. The van der Waals surface area contributed by atoms with Crippen molar-refractivity contribution in [1.29, 1.82) is 0 Å². The summed E-state index contributed by atoms with van der Waals surface area (Å²) in [6.45, 7) is 6.53. The third-order valence-corrected chi connectivity index (χ3v) is 2.21. The van der Waals surface area contributed by atoms with Gasteiger partial charge in [-0.15, -0.1) is 0 Å². The number of hydrogen-bond acceptors (Lipinski definition) is 2. The molecule has 0 aliphatic heterocycles. The minimum atomic E-state index is -0.00736. The minimum absolute atomic E-state index is 0.00736. The first kappa shape index (κ1) is 11.8. The van der Waals surface area contributed by atoms with Gasteiger partial charge in [-0.2, -0.15) is 0 Å². The Hall–Kier alpha value is -1.29. The van der Waals surface area contributed by atoms with Crippen molar-refractivity contribution in [2.75, 3.05) is 19.6 Å². The number of nitrogens with one attached hydrogen (secondary N) is 3. The molecule has 15 heavy (non-hydrogen) atoms. The molecule has 0 aliphatic carbocycles. The zero-order chi connectivity index (χ0) is 11.1. The lowest BCUT2D eigenvalue weighted by molar-refractivity contribution is 0.0953. The number of H-pyrrole nitrogens is 1. The zero-order valence-corrected chi connectivity index (χ0v) is 9.39. The van der Waals surface area contributed by atoms with E-state index in [2.05, 4.69) is 22.5 Å². The molecule has 0 fully saturated rings. The predicted molar refractivity (Wildman–Crippen MR) is 61.0 cm³/mol. The van der Waals surface area contributed by atoms with Crippen molar-refractivity contribution in [2.45, 2.75) is 20.3 Å². The maximum atomic E-state index is 11.6. The summed E-state index contributed by atoms with van der Waals surface area (Å²) in [6.07, 6.45) is 4.67. The average molecular weight is 209 g/mol. The van der Waals surface area contributed by atoms with Gasteiger partial charge in [-0.05, 0) is 25.5 Å². The summed E-state index contributed by atoms with van der Waals surface area (Å²) in [5.74, 6) is -0.00736. The molecule has 4 heteroatoms. The van der Waals surface area contributed by atoms with Crippen LogP contribution < -0.4 is 10.6 Å². The number of hydrogen-bond donors (Lipinski definition) is 3. The Labute approximate surface area is 90.5 Å². The summed E-state index contributed by atoms with van der Waals surface area (Å²) in [4.78, 5) is 14.5. The molecule has 0 bridgehead atoms. The number of aromatic amines is 1. The standard InChI is InChI=1S/C11H19N3O/c1-3-4-12-5-6-14-11(15)10-8-13-7-9(10)2/h7-8,12-13H,3-6H2,1-2H3,(H,14,15). The Morgan fingerprint density at radius 1 is 1.33 bits per heavy atom. The van der Waals surface area contributed by atoms with Gasteiger partial charge < -0.3 is 15.6 Å². The molecule has 4 nitrogen and oxygen atoms in total. The van der Waals surface area contributed by atoms with E-state index in [9.17, 15) is 4.79 Å². The first-order valence-electron chi connectivity index (χ1n) is 5.38. The lowest BCUT2D eigenvalue weighted by Gasteiger charge is -2.05. The molecule has 1 aromatic rings. The molecule has 1 aromatic heterocycles. The number of rotatable bonds is 6. The van der Waals surface area contributed by atoms with E-state index in [0.29, 0.717) is 6.54 Å². The van der Waals surface area contributed by atoms with Gasteiger partial charge in [0.15, 0.2) is 0 Å². The molecule has 0 aliphatic rings. The molecule has 0 spiro atoms. The Morgan fingerprint density at radius 2 is 2.13 bits per heavy atom. The summed E-state index contributed by atoms with van der Waals surface area (Å²) in [6, 6.07) is 0. The van der Waals surface area contributed by atoms with Crippen LogP contribution in [0, 0.1) is 6.92 Å². The first-order chi connectivity index (χ1) is 7.25.